The van der Waals surface area contributed by atoms with Crippen LogP contribution in [0.3, 0.4) is 0 Å². The number of halogens is 4. The summed E-state index contributed by atoms with van der Waals surface area (Å²) in [6, 6.07) is 3.80. The molecule has 2 nitrogen and oxygen atoms in total. The summed E-state index contributed by atoms with van der Waals surface area (Å²) in [5.41, 5.74) is 4.98. The number of rotatable bonds is 2. The Kier molecular flexibility index (Phi) is 3.73. The fourth-order valence-corrected chi connectivity index (χ4v) is 2.49. The number of nitrogens with one attached hydrogen (secondary N) is 1. The van der Waals surface area contributed by atoms with Crippen molar-refractivity contribution in [2.24, 2.45) is 5.73 Å². The predicted octanol–water partition coefficient (Wildman–Crippen LogP) is 3.65. The molecule has 0 bridgehead atoms. The maximum atomic E-state index is 12.9. The van der Waals surface area contributed by atoms with Gasteiger partial charge in [0.25, 0.3) is 0 Å². The molecule has 1 fully saturated rings. The molecule has 2 unspecified atom stereocenters. The normalized spacial score (nSPS) is 24.3. The van der Waals surface area contributed by atoms with E-state index in [1.54, 1.807) is 0 Å². The molecule has 1 aromatic rings. The van der Waals surface area contributed by atoms with Gasteiger partial charge in [0.1, 0.15) is 0 Å². The van der Waals surface area contributed by atoms with Gasteiger partial charge in [0.2, 0.25) is 0 Å². The third-order valence-electron chi connectivity index (χ3n) is 3.14. The lowest BCUT2D eigenvalue weighted by Gasteiger charge is -2.20. The van der Waals surface area contributed by atoms with Crippen LogP contribution >= 0.6 is 11.6 Å². The Hall–Kier alpha value is -0.940. The fraction of sp³-hybridized carbons (Fsp3) is 0.500. The van der Waals surface area contributed by atoms with Gasteiger partial charge in [0, 0.05) is 12.1 Å². The minimum atomic E-state index is -4.41. The van der Waals surface area contributed by atoms with E-state index in [4.69, 9.17) is 17.3 Å². The van der Waals surface area contributed by atoms with Gasteiger partial charge in [-0.3, -0.25) is 0 Å². The van der Waals surface area contributed by atoms with Crippen LogP contribution in [0.1, 0.15) is 24.8 Å². The summed E-state index contributed by atoms with van der Waals surface area (Å²) in [5.74, 6) is 0. The van der Waals surface area contributed by atoms with Crippen LogP contribution < -0.4 is 11.1 Å². The van der Waals surface area contributed by atoms with Crippen LogP contribution in [-0.4, -0.2) is 12.1 Å². The van der Waals surface area contributed by atoms with E-state index in [-0.39, 0.29) is 22.8 Å². The molecule has 0 amide bonds. The lowest BCUT2D eigenvalue weighted by atomic mass is 10.1. The molecule has 0 heterocycles. The van der Waals surface area contributed by atoms with Gasteiger partial charge in [0.15, 0.2) is 0 Å². The van der Waals surface area contributed by atoms with Crippen molar-refractivity contribution in [1.29, 1.82) is 0 Å². The lowest BCUT2D eigenvalue weighted by Crippen LogP contribution is -2.22. The molecule has 3 N–H and O–H groups in total. The quantitative estimate of drug-likeness (QED) is 0.866. The zero-order chi connectivity index (χ0) is 13.3. The number of hydrogen-bond acceptors (Lipinski definition) is 2. The van der Waals surface area contributed by atoms with Crippen LogP contribution in [-0.2, 0) is 6.18 Å². The Labute approximate surface area is 108 Å². The second kappa shape index (κ2) is 4.97. The van der Waals surface area contributed by atoms with Crippen LogP contribution in [0.25, 0.3) is 0 Å². The zero-order valence-electron chi connectivity index (χ0n) is 9.60. The summed E-state index contributed by atoms with van der Waals surface area (Å²) in [6.45, 7) is 0. The third-order valence-corrected chi connectivity index (χ3v) is 3.46. The predicted molar refractivity (Wildman–Crippen MR) is 65.7 cm³/mol. The molecule has 0 radical (unpaired) electrons. The second-order valence-corrected chi connectivity index (χ2v) is 4.98. The molecule has 1 aromatic carbocycles. The van der Waals surface area contributed by atoms with Gasteiger partial charge in [0.05, 0.1) is 16.3 Å². The topological polar surface area (TPSA) is 38.0 Å². The van der Waals surface area contributed by atoms with E-state index in [0.717, 1.165) is 18.9 Å². The van der Waals surface area contributed by atoms with Gasteiger partial charge < -0.3 is 11.1 Å². The van der Waals surface area contributed by atoms with Crippen molar-refractivity contribution in [3.8, 4) is 0 Å². The van der Waals surface area contributed by atoms with E-state index in [2.05, 4.69) is 5.32 Å². The maximum absolute atomic E-state index is 12.9. The SMILES string of the molecule is NC1CCC(Nc2c(Cl)cccc2C(F)(F)F)C1. The van der Waals surface area contributed by atoms with Crippen LogP contribution in [0.2, 0.25) is 5.02 Å². The molecule has 6 heteroatoms. The summed E-state index contributed by atoms with van der Waals surface area (Å²) in [5, 5.41) is 2.97. The monoisotopic (exact) mass is 278 g/mol. The number of benzene rings is 1. The standard InChI is InChI=1S/C12H14ClF3N2/c13-10-3-1-2-9(12(14,15)16)11(10)18-8-5-4-7(17)6-8/h1-3,7-8,18H,4-6,17H2. The smallest absolute Gasteiger partial charge is 0.381 e. The summed E-state index contributed by atoms with van der Waals surface area (Å²) in [6.07, 6.45) is -2.15. The number of para-hydroxylation sites is 1. The fourth-order valence-electron chi connectivity index (χ4n) is 2.26. The molecule has 1 saturated carbocycles. The van der Waals surface area contributed by atoms with E-state index in [9.17, 15) is 13.2 Å². The van der Waals surface area contributed by atoms with Crippen molar-refractivity contribution >= 4 is 17.3 Å². The van der Waals surface area contributed by atoms with Crippen molar-refractivity contribution in [2.75, 3.05) is 5.32 Å². The van der Waals surface area contributed by atoms with Crippen LogP contribution in [0.4, 0.5) is 18.9 Å². The highest BCUT2D eigenvalue weighted by Crippen LogP contribution is 2.39. The molecule has 1 aliphatic carbocycles. The van der Waals surface area contributed by atoms with Gasteiger partial charge in [-0.2, -0.15) is 13.2 Å². The highest BCUT2D eigenvalue weighted by atomic mass is 35.5. The number of alkyl halides is 3. The molecule has 18 heavy (non-hydrogen) atoms. The van der Waals surface area contributed by atoms with Gasteiger partial charge in [-0.15, -0.1) is 0 Å². The first-order chi connectivity index (χ1) is 8.38. The first kappa shape index (κ1) is 13.5. The Morgan fingerprint density at radius 1 is 1.28 bits per heavy atom. The first-order valence-corrected chi connectivity index (χ1v) is 6.13. The van der Waals surface area contributed by atoms with Gasteiger partial charge in [-0.25, -0.2) is 0 Å². The van der Waals surface area contributed by atoms with Crippen molar-refractivity contribution in [3.63, 3.8) is 0 Å². The average molecular weight is 279 g/mol. The molecule has 0 saturated heterocycles. The molecule has 2 rings (SSSR count). The Bertz CT molecular complexity index is 434. The Morgan fingerprint density at radius 2 is 2.00 bits per heavy atom. The summed E-state index contributed by atoms with van der Waals surface area (Å²) < 4.78 is 38.6. The van der Waals surface area contributed by atoms with E-state index < -0.39 is 11.7 Å². The number of nitrogens with two attached hydrogens (primary N) is 1. The molecule has 0 aromatic heterocycles. The van der Waals surface area contributed by atoms with Crippen molar-refractivity contribution in [2.45, 2.75) is 37.5 Å². The lowest BCUT2D eigenvalue weighted by molar-refractivity contribution is -0.137. The van der Waals surface area contributed by atoms with Crippen molar-refractivity contribution in [1.82, 2.24) is 0 Å². The number of anilines is 1. The minimum Gasteiger partial charge on any atom is -0.381 e. The van der Waals surface area contributed by atoms with Gasteiger partial charge in [-0.05, 0) is 31.4 Å². The zero-order valence-corrected chi connectivity index (χ0v) is 10.4. The molecule has 100 valence electrons. The van der Waals surface area contributed by atoms with Crippen LogP contribution in [0, 0.1) is 0 Å². The van der Waals surface area contributed by atoms with E-state index in [1.165, 1.54) is 12.1 Å². The maximum Gasteiger partial charge on any atom is 0.418 e. The van der Waals surface area contributed by atoms with E-state index >= 15 is 0 Å². The summed E-state index contributed by atoms with van der Waals surface area (Å²) in [4.78, 5) is 0. The first-order valence-electron chi connectivity index (χ1n) is 5.75. The van der Waals surface area contributed by atoms with Crippen LogP contribution in [0.5, 0.6) is 0 Å². The van der Waals surface area contributed by atoms with Crippen molar-refractivity contribution in [3.05, 3.63) is 28.8 Å². The molecule has 2 atom stereocenters. The highest BCUT2D eigenvalue weighted by molar-refractivity contribution is 6.33. The molecule has 0 aliphatic heterocycles. The van der Waals surface area contributed by atoms with Gasteiger partial charge >= 0.3 is 6.18 Å². The largest absolute Gasteiger partial charge is 0.418 e. The van der Waals surface area contributed by atoms with E-state index in [1.807, 2.05) is 0 Å². The van der Waals surface area contributed by atoms with E-state index in [0.29, 0.717) is 6.42 Å². The molecular weight excluding hydrogens is 265 g/mol. The Morgan fingerprint density at radius 3 is 2.56 bits per heavy atom. The van der Waals surface area contributed by atoms with Gasteiger partial charge in [-0.1, -0.05) is 17.7 Å². The van der Waals surface area contributed by atoms with Crippen LogP contribution in [0.15, 0.2) is 18.2 Å². The third kappa shape index (κ3) is 2.90. The number of hydrogen-bond donors (Lipinski definition) is 2. The Balaban J connectivity index is 2.26. The molecular formula is C12H14ClF3N2. The average Bonchev–Trinajstić information content (AvgIpc) is 2.65. The van der Waals surface area contributed by atoms with Crippen molar-refractivity contribution < 1.29 is 13.2 Å². The minimum absolute atomic E-state index is 0.0363. The molecule has 0 spiro atoms. The summed E-state index contributed by atoms with van der Waals surface area (Å²) >= 11 is 5.86. The summed E-state index contributed by atoms with van der Waals surface area (Å²) in [7, 11) is 0. The second-order valence-electron chi connectivity index (χ2n) is 4.57. The highest BCUT2D eigenvalue weighted by Gasteiger charge is 2.35. The molecule has 1 aliphatic rings.